The lowest BCUT2D eigenvalue weighted by Gasteiger charge is -2.34. The van der Waals surface area contributed by atoms with Gasteiger partial charge in [0.05, 0.1) is 5.39 Å². The fraction of sp³-hybridized carbons (Fsp3) is 0.600. The highest BCUT2D eigenvalue weighted by Crippen LogP contribution is 2.28. The van der Waals surface area contributed by atoms with E-state index in [0.29, 0.717) is 12.1 Å². The van der Waals surface area contributed by atoms with Crippen molar-refractivity contribution >= 4 is 27.4 Å². The maximum absolute atomic E-state index is 4.56. The highest BCUT2D eigenvalue weighted by Gasteiger charge is 2.21. The summed E-state index contributed by atoms with van der Waals surface area (Å²) >= 11 is 1.68. The summed E-state index contributed by atoms with van der Waals surface area (Å²) in [7, 11) is 0. The van der Waals surface area contributed by atoms with E-state index >= 15 is 0 Å². The first-order chi connectivity index (χ1) is 9.75. The second-order valence-corrected chi connectivity index (χ2v) is 6.62. The summed E-state index contributed by atoms with van der Waals surface area (Å²) < 4.78 is 0. The summed E-state index contributed by atoms with van der Waals surface area (Å²) in [6.45, 7) is 6.65. The van der Waals surface area contributed by atoms with Gasteiger partial charge in [0.25, 0.3) is 0 Å². The molecule has 1 aliphatic rings. The monoisotopic (exact) mass is 290 g/mol. The van der Waals surface area contributed by atoms with Gasteiger partial charge in [0, 0.05) is 18.6 Å². The van der Waals surface area contributed by atoms with Gasteiger partial charge in [-0.25, -0.2) is 9.97 Å². The van der Waals surface area contributed by atoms with Crippen molar-refractivity contribution in [1.29, 1.82) is 0 Å². The molecule has 1 N–H and O–H groups in total. The van der Waals surface area contributed by atoms with Crippen LogP contribution in [0.3, 0.4) is 0 Å². The van der Waals surface area contributed by atoms with Crippen molar-refractivity contribution in [2.45, 2.75) is 45.2 Å². The van der Waals surface area contributed by atoms with Crippen LogP contribution in [0.4, 0.5) is 5.82 Å². The topological polar surface area (TPSA) is 41.0 Å². The van der Waals surface area contributed by atoms with Crippen molar-refractivity contribution in [3.05, 3.63) is 17.8 Å². The molecule has 1 saturated heterocycles. The molecule has 0 aromatic carbocycles. The van der Waals surface area contributed by atoms with E-state index < -0.39 is 0 Å². The van der Waals surface area contributed by atoms with Crippen LogP contribution in [-0.2, 0) is 0 Å². The van der Waals surface area contributed by atoms with Gasteiger partial charge in [0.2, 0.25) is 0 Å². The number of thiophene rings is 1. The van der Waals surface area contributed by atoms with Crippen molar-refractivity contribution in [2.24, 2.45) is 0 Å². The van der Waals surface area contributed by atoms with Crippen LogP contribution in [0.2, 0.25) is 0 Å². The quantitative estimate of drug-likeness (QED) is 0.939. The number of piperidine rings is 1. The van der Waals surface area contributed by atoms with Crippen LogP contribution >= 0.6 is 11.3 Å². The molecule has 0 bridgehead atoms. The number of anilines is 1. The highest BCUT2D eigenvalue weighted by molar-refractivity contribution is 7.16. The number of nitrogens with one attached hydrogen (secondary N) is 1. The van der Waals surface area contributed by atoms with Crippen molar-refractivity contribution in [3.63, 3.8) is 0 Å². The predicted octanol–water partition coefficient (Wildman–Crippen LogP) is 3.05. The Labute approximate surface area is 124 Å². The molecule has 1 atom stereocenters. The van der Waals surface area contributed by atoms with Gasteiger partial charge >= 0.3 is 0 Å². The van der Waals surface area contributed by atoms with Gasteiger partial charge in [0.1, 0.15) is 17.0 Å². The highest BCUT2D eigenvalue weighted by atomic mass is 32.1. The molecule has 5 heteroatoms. The number of hydrogen-bond donors (Lipinski definition) is 1. The minimum atomic E-state index is 0.441. The third-order valence-electron chi connectivity index (χ3n) is 3.97. The van der Waals surface area contributed by atoms with Crippen molar-refractivity contribution in [2.75, 3.05) is 18.0 Å². The molecule has 2 aromatic heterocycles. The Morgan fingerprint density at radius 1 is 1.40 bits per heavy atom. The third-order valence-corrected chi connectivity index (χ3v) is 4.79. The van der Waals surface area contributed by atoms with Gasteiger partial charge in [-0.15, -0.1) is 11.3 Å². The Hall–Kier alpha value is -1.20. The molecule has 1 aliphatic heterocycles. The largest absolute Gasteiger partial charge is 0.352 e. The molecule has 0 spiro atoms. The molecule has 108 valence electrons. The van der Waals surface area contributed by atoms with E-state index in [4.69, 9.17) is 0 Å². The first-order valence-electron chi connectivity index (χ1n) is 7.44. The second-order valence-electron chi connectivity index (χ2n) is 5.73. The van der Waals surface area contributed by atoms with Crippen LogP contribution in [0.25, 0.3) is 10.2 Å². The molecular formula is C15H22N4S. The number of hydrogen-bond acceptors (Lipinski definition) is 5. The third kappa shape index (κ3) is 2.79. The van der Waals surface area contributed by atoms with E-state index in [1.165, 1.54) is 24.6 Å². The molecule has 0 aliphatic carbocycles. The molecule has 3 heterocycles. The van der Waals surface area contributed by atoms with Crippen LogP contribution in [0.1, 0.15) is 33.1 Å². The van der Waals surface area contributed by atoms with E-state index in [0.717, 1.165) is 23.7 Å². The Kier molecular flexibility index (Phi) is 4.17. The SMILES string of the molecule is CC(C)N(CC1CCCCN1)c1ncnc2sccc12. The van der Waals surface area contributed by atoms with Crippen LogP contribution in [-0.4, -0.2) is 35.1 Å². The zero-order valence-electron chi connectivity index (χ0n) is 12.2. The van der Waals surface area contributed by atoms with E-state index in [2.05, 4.69) is 45.5 Å². The van der Waals surface area contributed by atoms with E-state index in [-0.39, 0.29) is 0 Å². The van der Waals surface area contributed by atoms with Gasteiger partial charge in [-0.3, -0.25) is 0 Å². The van der Waals surface area contributed by atoms with E-state index in [9.17, 15) is 0 Å². The van der Waals surface area contributed by atoms with Gasteiger partial charge < -0.3 is 10.2 Å². The summed E-state index contributed by atoms with van der Waals surface area (Å²) in [5.74, 6) is 1.08. The van der Waals surface area contributed by atoms with Crippen molar-refractivity contribution in [1.82, 2.24) is 15.3 Å². The fourth-order valence-corrected chi connectivity index (χ4v) is 3.59. The lowest BCUT2D eigenvalue weighted by atomic mass is 10.0. The maximum atomic E-state index is 4.56. The van der Waals surface area contributed by atoms with E-state index in [1.807, 2.05) is 0 Å². The number of aromatic nitrogens is 2. The minimum Gasteiger partial charge on any atom is -0.352 e. The zero-order chi connectivity index (χ0) is 13.9. The minimum absolute atomic E-state index is 0.441. The first kappa shape index (κ1) is 13.8. The van der Waals surface area contributed by atoms with Gasteiger partial charge in [-0.1, -0.05) is 6.42 Å². The van der Waals surface area contributed by atoms with Crippen LogP contribution in [0.5, 0.6) is 0 Å². The van der Waals surface area contributed by atoms with Crippen LogP contribution < -0.4 is 10.2 Å². The maximum Gasteiger partial charge on any atom is 0.141 e. The summed E-state index contributed by atoms with van der Waals surface area (Å²) in [5, 5.41) is 6.91. The molecule has 1 fully saturated rings. The van der Waals surface area contributed by atoms with Crippen molar-refractivity contribution in [3.8, 4) is 0 Å². The summed E-state index contributed by atoms with van der Waals surface area (Å²) in [6.07, 6.45) is 5.60. The molecule has 2 aromatic rings. The van der Waals surface area contributed by atoms with Crippen LogP contribution in [0, 0.1) is 0 Å². The summed E-state index contributed by atoms with van der Waals surface area (Å²) in [5.41, 5.74) is 0. The molecule has 0 amide bonds. The molecule has 20 heavy (non-hydrogen) atoms. The number of nitrogens with zero attached hydrogens (tertiary/aromatic N) is 3. The molecular weight excluding hydrogens is 268 g/mol. The Balaban J connectivity index is 1.87. The van der Waals surface area contributed by atoms with Gasteiger partial charge in [-0.05, 0) is 44.7 Å². The Morgan fingerprint density at radius 2 is 2.30 bits per heavy atom. The molecule has 0 saturated carbocycles. The molecule has 0 radical (unpaired) electrons. The Bertz CT molecular complexity index is 560. The summed E-state index contributed by atoms with van der Waals surface area (Å²) in [4.78, 5) is 12.4. The lowest BCUT2D eigenvalue weighted by Crippen LogP contribution is -2.46. The standard InChI is InChI=1S/C15H22N4S/c1-11(2)19(9-12-5-3-4-7-16-12)14-13-6-8-20-15(13)18-10-17-14/h6,8,10-12,16H,3-5,7,9H2,1-2H3. The van der Waals surface area contributed by atoms with Crippen molar-refractivity contribution < 1.29 is 0 Å². The first-order valence-corrected chi connectivity index (χ1v) is 8.32. The summed E-state index contributed by atoms with van der Waals surface area (Å²) in [6, 6.07) is 3.16. The second kappa shape index (κ2) is 6.06. The predicted molar refractivity (Wildman–Crippen MR) is 85.5 cm³/mol. The fourth-order valence-electron chi connectivity index (χ4n) is 2.86. The Morgan fingerprint density at radius 3 is 3.05 bits per heavy atom. The van der Waals surface area contributed by atoms with Gasteiger partial charge in [0.15, 0.2) is 0 Å². The lowest BCUT2D eigenvalue weighted by molar-refractivity contribution is 0.393. The normalized spacial score (nSPS) is 19.6. The average molecular weight is 290 g/mol. The smallest absolute Gasteiger partial charge is 0.141 e. The average Bonchev–Trinajstić information content (AvgIpc) is 2.94. The molecule has 1 unspecified atom stereocenters. The zero-order valence-corrected chi connectivity index (χ0v) is 13.0. The van der Waals surface area contributed by atoms with Gasteiger partial charge in [-0.2, -0.15) is 0 Å². The number of fused-ring (bicyclic) bond motifs is 1. The molecule has 4 nitrogen and oxygen atoms in total. The number of rotatable bonds is 4. The van der Waals surface area contributed by atoms with Crippen LogP contribution in [0.15, 0.2) is 17.8 Å². The van der Waals surface area contributed by atoms with E-state index in [1.54, 1.807) is 17.7 Å². The molecule has 3 rings (SSSR count).